The summed E-state index contributed by atoms with van der Waals surface area (Å²) >= 11 is 5.95. The van der Waals surface area contributed by atoms with Gasteiger partial charge in [-0.2, -0.15) is 0 Å². The van der Waals surface area contributed by atoms with E-state index in [0.29, 0.717) is 42.6 Å². The van der Waals surface area contributed by atoms with Gasteiger partial charge in [0.05, 0.1) is 11.9 Å². The molecular weight excluding hydrogens is 498 g/mol. The van der Waals surface area contributed by atoms with Crippen LogP contribution >= 0.6 is 11.6 Å². The molecule has 0 fully saturated rings. The lowest BCUT2D eigenvalue weighted by Gasteiger charge is -2.31. The van der Waals surface area contributed by atoms with Crippen LogP contribution in [0, 0.1) is 12.8 Å². The highest BCUT2D eigenvalue weighted by Crippen LogP contribution is 2.22. The number of amides is 2. The largest absolute Gasteiger partial charge is 0.354 e. The molecule has 0 spiro atoms. The van der Waals surface area contributed by atoms with E-state index in [9.17, 15) is 18.0 Å². The maximum absolute atomic E-state index is 13.4. The van der Waals surface area contributed by atoms with Crippen molar-refractivity contribution in [1.82, 2.24) is 10.2 Å². The molecule has 0 aromatic heterocycles. The highest BCUT2D eigenvalue weighted by atomic mass is 35.5. The van der Waals surface area contributed by atoms with Gasteiger partial charge in [0.15, 0.2) is 0 Å². The molecule has 198 valence electrons. The number of nitrogens with zero attached hydrogens (tertiary/aromatic N) is 2. The van der Waals surface area contributed by atoms with Gasteiger partial charge in [-0.3, -0.25) is 13.9 Å². The van der Waals surface area contributed by atoms with E-state index >= 15 is 0 Å². The van der Waals surface area contributed by atoms with Gasteiger partial charge in [0, 0.05) is 31.1 Å². The summed E-state index contributed by atoms with van der Waals surface area (Å²) in [5.41, 5.74) is 2.51. The number of rotatable bonds is 13. The number of anilines is 1. The number of benzene rings is 2. The second kappa shape index (κ2) is 13.7. The Balaban J connectivity index is 2.20. The van der Waals surface area contributed by atoms with Crippen LogP contribution in [0.1, 0.15) is 51.2 Å². The van der Waals surface area contributed by atoms with Crippen molar-refractivity contribution < 1.29 is 18.0 Å². The Bertz CT molecular complexity index is 1120. The number of halogens is 1. The van der Waals surface area contributed by atoms with Crippen LogP contribution in [0.3, 0.4) is 0 Å². The number of nitrogens with one attached hydrogen (secondary N) is 1. The van der Waals surface area contributed by atoms with E-state index in [1.165, 1.54) is 4.31 Å². The van der Waals surface area contributed by atoms with E-state index in [0.717, 1.165) is 17.4 Å². The van der Waals surface area contributed by atoms with Gasteiger partial charge in [-0.05, 0) is 55.5 Å². The number of aryl methyl sites for hydroxylation is 1. The van der Waals surface area contributed by atoms with E-state index < -0.39 is 16.1 Å². The summed E-state index contributed by atoms with van der Waals surface area (Å²) in [6.45, 7) is 8.89. The van der Waals surface area contributed by atoms with Gasteiger partial charge in [-0.15, -0.1) is 0 Å². The van der Waals surface area contributed by atoms with E-state index in [1.54, 1.807) is 29.2 Å². The first-order chi connectivity index (χ1) is 16.9. The number of carbonyl (C=O) groups excluding carboxylic acids is 2. The molecule has 0 radical (unpaired) electrons. The number of carbonyl (C=O) groups is 2. The minimum Gasteiger partial charge on any atom is -0.354 e. The van der Waals surface area contributed by atoms with Gasteiger partial charge in [0.1, 0.15) is 6.04 Å². The third-order valence-corrected chi connectivity index (χ3v) is 7.22. The van der Waals surface area contributed by atoms with Crippen molar-refractivity contribution in [2.24, 2.45) is 5.92 Å². The average Bonchev–Trinajstić information content (AvgIpc) is 2.80. The minimum atomic E-state index is -3.55. The van der Waals surface area contributed by atoms with Gasteiger partial charge in [-0.25, -0.2) is 8.42 Å². The van der Waals surface area contributed by atoms with Crippen LogP contribution in [-0.2, 0) is 26.2 Å². The molecule has 36 heavy (non-hydrogen) atoms. The Kier molecular flexibility index (Phi) is 11.2. The van der Waals surface area contributed by atoms with Crippen LogP contribution < -0.4 is 9.62 Å². The van der Waals surface area contributed by atoms with Gasteiger partial charge in [0.25, 0.3) is 0 Å². The third kappa shape index (κ3) is 9.13. The summed E-state index contributed by atoms with van der Waals surface area (Å²) in [5.74, 6) is -0.0686. The van der Waals surface area contributed by atoms with Gasteiger partial charge in [-0.1, -0.05) is 62.2 Å². The van der Waals surface area contributed by atoms with Crippen molar-refractivity contribution in [2.45, 2.75) is 59.5 Å². The fourth-order valence-corrected chi connectivity index (χ4v) is 5.05. The zero-order valence-electron chi connectivity index (χ0n) is 21.8. The predicted octanol–water partition coefficient (Wildman–Crippen LogP) is 4.77. The van der Waals surface area contributed by atoms with Crippen molar-refractivity contribution >= 4 is 39.1 Å². The number of hydrogen-bond donors (Lipinski definition) is 1. The molecule has 2 amide bonds. The lowest BCUT2D eigenvalue weighted by atomic mass is 10.1. The van der Waals surface area contributed by atoms with Crippen LogP contribution in [0.15, 0.2) is 48.5 Å². The first-order valence-corrected chi connectivity index (χ1v) is 14.5. The standard InChI is InChI=1S/C27H38ClN3O4S/c1-6-25(27(33)29-18-20(2)3)30(19-22-10-7-9-21(4)17-22)26(32)11-8-16-31(36(5,34)35)24-14-12-23(28)13-15-24/h7,9-10,12-15,17,20,25H,6,8,11,16,18-19H2,1-5H3,(H,29,33). The van der Waals surface area contributed by atoms with Crippen molar-refractivity contribution in [1.29, 1.82) is 0 Å². The summed E-state index contributed by atoms with van der Waals surface area (Å²) in [4.78, 5) is 28.1. The zero-order valence-corrected chi connectivity index (χ0v) is 23.4. The van der Waals surface area contributed by atoms with Crippen molar-refractivity contribution in [3.63, 3.8) is 0 Å². The summed E-state index contributed by atoms with van der Waals surface area (Å²) in [6, 6.07) is 13.8. The summed E-state index contributed by atoms with van der Waals surface area (Å²) in [7, 11) is -3.55. The molecule has 0 aliphatic heterocycles. The predicted molar refractivity (Wildman–Crippen MR) is 147 cm³/mol. The Morgan fingerprint density at radius 2 is 1.75 bits per heavy atom. The van der Waals surface area contributed by atoms with Crippen molar-refractivity contribution in [3.8, 4) is 0 Å². The first-order valence-electron chi connectivity index (χ1n) is 12.3. The second-order valence-corrected chi connectivity index (χ2v) is 11.8. The number of hydrogen-bond acceptors (Lipinski definition) is 4. The molecule has 0 heterocycles. The quantitative estimate of drug-likeness (QED) is 0.400. The topological polar surface area (TPSA) is 86.8 Å². The fraction of sp³-hybridized carbons (Fsp3) is 0.481. The van der Waals surface area contributed by atoms with Gasteiger partial charge < -0.3 is 10.2 Å². The second-order valence-electron chi connectivity index (χ2n) is 9.49. The molecule has 0 saturated heterocycles. The van der Waals surface area contributed by atoms with Crippen LogP contribution in [0.25, 0.3) is 0 Å². The molecule has 2 aromatic carbocycles. The van der Waals surface area contributed by atoms with E-state index in [4.69, 9.17) is 11.6 Å². The monoisotopic (exact) mass is 535 g/mol. The van der Waals surface area contributed by atoms with E-state index in [2.05, 4.69) is 5.32 Å². The van der Waals surface area contributed by atoms with Crippen LogP contribution in [0.5, 0.6) is 0 Å². The lowest BCUT2D eigenvalue weighted by Crippen LogP contribution is -2.49. The first kappa shape index (κ1) is 29.6. The maximum atomic E-state index is 13.4. The molecule has 0 aliphatic rings. The smallest absolute Gasteiger partial charge is 0.242 e. The Labute approximate surface area is 220 Å². The zero-order chi connectivity index (χ0) is 26.9. The normalized spacial score (nSPS) is 12.3. The summed E-state index contributed by atoms with van der Waals surface area (Å²) < 4.78 is 26.1. The SMILES string of the molecule is CCC(C(=O)NCC(C)C)N(Cc1cccc(C)c1)C(=O)CCCN(c1ccc(Cl)cc1)S(C)(=O)=O. The van der Waals surface area contributed by atoms with Crippen molar-refractivity contribution in [3.05, 3.63) is 64.7 Å². The molecule has 1 atom stereocenters. The molecule has 2 aromatic rings. The minimum absolute atomic E-state index is 0.111. The molecule has 2 rings (SSSR count). The molecule has 0 bridgehead atoms. The molecule has 9 heteroatoms. The average molecular weight is 536 g/mol. The molecule has 7 nitrogen and oxygen atoms in total. The van der Waals surface area contributed by atoms with Crippen LogP contribution in [0.4, 0.5) is 5.69 Å². The molecule has 0 saturated carbocycles. The summed E-state index contributed by atoms with van der Waals surface area (Å²) in [6.07, 6.45) is 2.03. The third-order valence-electron chi connectivity index (χ3n) is 5.77. The Morgan fingerprint density at radius 3 is 2.31 bits per heavy atom. The summed E-state index contributed by atoms with van der Waals surface area (Å²) in [5, 5.41) is 3.46. The van der Waals surface area contributed by atoms with Crippen LogP contribution in [0.2, 0.25) is 5.02 Å². The maximum Gasteiger partial charge on any atom is 0.242 e. The highest BCUT2D eigenvalue weighted by molar-refractivity contribution is 7.92. The molecule has 1 unspecified atom stereocenters. The van der Waals surface area contributed by atoms with Crippen LogP contribution in [-0.4, -0.2) is 50.5 Å². The Hall–Kier alpha value is -2.58. The molecular formula is C27H38ClN3O4S. The van der Waals surface area contributed by atoms with Gasteiger partial charge in [0.2, 0.25) is 21.8 Å². The molecule has 0 aliphatic carbocycles. The number of sulfonamides is 1. The van der Waals surface area contributed by atoms with Crippen molar-refractivity contribution in [2.75, 3.05) is 23.7 Å². The lowest BCUT2D eigenvalue weighted by molar-refractivity contribution is -0.141. The Morgan fingerprint density at radius 1 is 1.08 bits per heavy atom. The molecule has 1 N–H and O–H groups in total. The highest BCUT2D eigenvalue weighted by Gasteiger charge is 2.29. The van der Waals surface area contributed by atoms with E-state index in [-0.39, 0.29) is 24.8 Å². The fourth-order valence-electron chi connectivity index (χ4n) is 3.96. The van der Waals surface area contributed by atoms with E-state index in [1.807, 2.05) is 52.0 Å². The van der Waals surface area contributed by atoms with Gasteiger partial charge >= 0.3 is 0 Å².